The highest BCUT2D eigenvalue weighted by Gasteiger charge is 2.10. The first kappa shape index (κ1) is 14.1. The molecule has 5 nitrogen and oxygen atoms in total. The molecule has 0 spiro atoms. The van der Waals surface area contributed by atoms with E-state index in [0.29, 0.717) is 12.2 Å². The van der Waals surface area contributed by atoms with Crippen LogP contribution in [0.1, 0.15) is 35.7 Å². The van der Waals surface area contributed by atoms with Crippen molar-refractivity contribution >= 4 is 5.91 Å². The summed E-state index contributed by atoms with van der Waals surface area (Å²) in [7, 11) is 0. The van der Waals surface area contributed by atoms with Crippen molar-refractivity contribution in [2.24, 2.45) is 0 Å². The van der Waals surface area contributed by atoms with Gasteiger partial charge in [-0.3, -0.25) is 4.79 Å². The number of rotatable bonds is 5. The van der Waals surface area contributed by atoms with Gasteiger partial charge in [-0.2, -0.15) is 0 Å². The molecule has 106 valence electrons. The second-order valence-corrected chi connectivity index (χ2v) is 4.83. The number of amides is 1. The predicted octanol–water partition coefficient (Wildman–Crippen LogP) is 2.70. The Balaban J connectivity index is 1.89. The smallest absolute Gasteiger partial charge is 0.290 e. The van der Waals surface area contributed by atoms with Gasteiger partial charge in [-0.25, -0.2) is 0 Å². The molecule has 0 fully saturated rings. The quantitative estimate of drug-likeness (QED) is 0.910. The number of aromatic nitrogens is 1. The number of hydrogen-bond acceptors (Lipinski definition) is 4. The van der Waals surface area contributed by atoms with Crippen molar-refractivity contribution in [2.45, 2.75) is 33.4 Å². The summed E-state index contributed by atoms with van der Waals surface area (Å²) in [5, 5.41) is 6.45. The standard InChI is InChI=1S/C15H18N2O3/c1-10(2)19-13-6-4-12(5-7-13)9-16-15(18)14-8-11(3)17-20-14/h4-8,10H,9H2,1-3H3,(H,16,18). The van der Waals surface area contributed by atoms with Crippen molar-refractivity contribution in [3.05, 3.63) is 47.3 Å². The summed E-state index contributed by atoms with van der Waals surface area (Å²) in [6.07, 6.45) is 0.148. The molecule has 0 aliphatic rings. The van der Waals surface area contributed by atoms with Gasteiger partial charge in [-0.1, -0.05) is 17.3 Å². The van der Waals surface area contributed by atoms with Crippen molar-refractivity contribution in [3.63, 3.8) is 0 Å². The Labute approximate surface area is 117 Å². The summed E-state index contributed by atoms with van der Waals surface area (Å²) in [6.45, 7) is 6.16. The molecule has 1 amide bonds. The highest BCUT2D eigenvalue weighted by molar-refractivity contribution is 5.91. The van der Waals surface area contributed by atoms with Crippen molar-refractivity contribution in [2.75, 3.05) is 0 Å². The fourth-order valence-corrected chi connectivity index (χ4v) is 1.70. The molecule has 0 aliphatic heterocycles. The molecule has 0 saturated heterocycles. The first-order valence-electron chi connectivity index (χ1n) is 6.51. The van der Waals surface area contributed by atoms with Crippen LogP contribution in [0.25, 0.3) is 0 Å². The molecule has 1 aromatic carbocycles. The topological polar surface area (TPSA) is 64.4 Å². The average molecular weight is 274 g/mol. The lowest BCUT2D eigenvalue weighted by Crippen LogP contribution is -2.22. The molecule has 1 heterocycles. The van der Waals surface area contributed by atoms with Crippen LogP contribution >= 0.6 is 0 Å². The summed E-state index contributed by atoms with van der Waals surface area (Å²) >= 11 is 0. The number of ether oxygens (including phenoxy) is 1. The van der Waals surface area contributed by atoms with Gasteiger partial charge >= 0.3 is 0 Å². The highest BCUT2D eigenvalue weighted by atomic mass is 16.5. The van der Waals surface area contributed by atoms with E-state index >= 15 is 0 Å². The van der Waals surface area contributed by atoms with Crippen LogP contribution in [0.15, 0.2) is 34.9 Å². The molecule has 0 radical (unpaired) electrons. The number of carbonyl (C=O) groups is 1. The molecule has 5 heteroatoms. The van der Waals surface area contributed by atoms with E-state index in [0.717, 1.165) is 11.3 Å². The van der Waals surface area contributed by atoms with Crippen LogP contribution in [0.5, 0.6) is 5.75 Å². The maximum absolute atomic E-state index is 11.8. The Morgan fingerprint density at radius 3 is 2.60 bits per heavy atom. The Morgan fingerprint density at radius 1 is 1.35 bits per heavy atom. The van der Waals surface area contributed by atoms with Crippen molar-refractivity contribution in [3.8, 4) is 5.75 Å². The first-order chi connectivity index (χ1) is 9.54. The lowest BCUT2D eigenvalue weighted by molar-refractivity contribution is 0.0914. The fourth-order valence-electron chi connectivity index (χ4n) is 1.70. The minimum Gasteiger partial charge on any atom is -0.491 e. The van der Waals surface area contributed by atoms with Crippen LogP contribution in [0, 0.1) is 6.92 Å². The van der Waals surface area contributed by atoms with E-state index in [9.17, 15) is 4.79 Å². The van der Waals surface area contributed by atoms with E-state index in [2.05, 4.69) is 10.5 Å². The lowest BCUT2D eigenvalue weighted by Gasteiger charge is -2.10. The summed E-state index contributed by atoms with van der Waals surface area (Å²) in [5.41, 5.74) is 1.68. The van der Waals surface area contributed by atoms with E-state index < -0.39 is 0 Å². The highest BCUT2D eigenvalue weighted by Crippen LogP contribution is 2.13. The Bertz CT molecular complexity index is 573. The van der Waals surface area contributed by atoms with Crippen LogP contribution < -0.4 is 10.1 Å². The molecule has 1 N–H and O–H groups in total. The molecular formula is C15H18N2O3. The molecule has 0 atom stereocenters. The van der Waals surface area contributed by atoms with Gasteiger partial charge < -0.3 is 14.6 Å². The fraction of sp³-hybridized carbons (Fsp3) is 0.333. The van der Waals surface area contributed by atoms with Gasteiger partial charge in [-0.15, -0.1) is 0 Å². The largest absolute Gasteiger partial charge is 0.491 e. The van der Waals surface area contributed by atoms with Gasteiger partial charge in [0, 0.05) is 12.6 Å². The molecule has 20 heavy (non-hydrogen) atoms. The van der Waals surface area contributed by atoms with Gasteiger partial charge in [-0.05, 0) is 38.5 Å². The van der Waals surface area contributed by atoms with Crippen LogP contribution in [0.3, 0.4) is 0 Å². The second-order valence-electron chi connectivity index (χ2n) is 4.83. The summed E-state index contributed by atoms with van der Waals surface area (Å²) in [4.78, 5) is 11.8. The number of carbonyl (C=O) groups excluding carboxylic acids is 1. The van der Waals surface area contributed by atoms with Crippen LogP contribution in [-0.4, -0.2) is 17.2 Å². The van der Waals surface area contributed by atoms with E-state index in [4.69, 9.17) is 9.26 Å². The summed E-state index contributed by atoms with van der Waals surface area (Å²) in [6, 6.07) is 9.22. The number of hydrogen-bond donors (Lipinski definition) is 1. The van der Waals surface area contributed by atoms with E-state index in [1.165, 1.54) is 0 Å². The first-order valence-corrected chi connectivity index (χ1v) is 6.51. The van der Waals surface area contributed by atoms with E-state index in [1.54, 1.807) is 13.0 Å². The second kappa shape index (κ2) is 6.23. The molecular weight excluding hydrogens is 256 g/mol. The van der Waals surface area contributed by atoms with Crippen LogP contribution in [-0.2, 0) is 6.54 Å². The molecule has 0 bridgehead atoms. The third kappa shape index (κ3) is 3.85. The number of nitrogens with one attached hydrogen (secondary N) is 1. The minimum absolute atomic E-state index is 0.148. The maximum atomic E-state index is 11.8. The normalized spacial score (nSPS) is 10.6. The maximum Gasteiger partial charge on any atom is 0.290 e. The van der Waals surface area contributed by atoms with Crippen LogP contribution in [0.4, 0.5) is 0 Å². The summed E-state index contributed by atoms with van der Waals surface area (Å²) in [5.74, 6) is 0.774. The van der Waals surface area contributed by atoms with Gasteiger partial charge in [0.15, 0.2) is 0 Å². The van der Waals surface area contributed by atoms with Crippen molar-refractivity contribution < 1.29 is 14.1 Å². The zero-order valence-corrected chi connectivity index (χ0v) is 11.8. The number of benzene rings is 1. The zero-order chi connectivity index (χ0) is 14.5. The Kier molecular flexibility index (Phi) is 4.40. The monoisotopic (exact) mass is 274 g/mol. The van der Waals surface area contributed by atoms with Crippen LogP contribution in [0.2, 0.25) is 0 Å². The van der Waals surface area contributed by atoms with Crippen molar-refractivity contribution in [1.29, 1.82) is 0 Å². The molecule has 2 rings (SSSR count). The van der Waals surface area contributed by atoms with Gasteiger partial charge in [0.1, 0.15) is 5.75 Å². The van der Waals surface area contributed by atoms with E-state index in [1.807, 2.05) is 38.1 Å². The SMILES string of the molecule is Cc1cc(C(=O)NCc2ccc(OC(C)C)cc2)on1. The zero-order valence-electron chi connectivity index (χ0n) is 11.8. The van der Waals surface area contributed by atoms with Gasteiger partial charge in [0.25, 0.3) is 5.91 Å². The number of aryl methyl sites for hydroxylation is 1. The lowest BCUT2D eigenvalue weighted by atomic mass is 10.2. The molecule has 0 aliphatic carbocycles. The third-order valence-corrected chi connectivity index (χ3v) is 2.60. The molecule has 1 aromatic heterocycles. The third-order valence-electron chi connectivity index (χ3n) is 2.60. The molecule has 0 unspecified atom stereocenters. The average Bonchev–Trinajstić information content (AvgIpc) is 2.84. The minimum atomic E-state index is -0.270. The number of nitrogens with zero attached hydrogens (tertiary/aromatic N) is 1. The Hall–Kier alpha value is -2.30. The van der Waals surface area contributed by atoms with Gasteiger partial charge in [0.2, 0.25) is 5.76 Å². The molecule has 2 aromatic rings. The Morgan fingerprint density at radius 2 is 2.05 bits per heavy atom. The van der Waals surface area contributed by atoms with Crippen molar-refractivity contribution in [1.82, 2.24) is 10.5 Å². The predicted molar refractivity (Wildman–Crippen MR) is 74.6 cm³/mol. The van der Waals surface area contributed by atoms with Gasteiger partial charge in [0.05, 0.1) is 11.8 Å². The summed E-state index contributed by atoms with van der Waals surface area (Å²) < 4.78 is 10.5. The van der Waals surface area contributed by atoms with E-state index in [-0.39, 0.29) is 17.8 Å². The molecule has 0 saturated carbocycles.